The lowest BCUT2D eigenvalue weighted by molar-refractivity contribution is 0.228. The molecule has 1 fully saturated rings. The number of rotatable bonds is 3. The highest BCUT2D eigenvalue weighted by Crippen LogP contribution is 2.24. The Labute approximate surface area is 92.1 Å². The van der Waals surface area contributed by atoms with Gasteiger partial charge in [0.05, 0.1) is 0 Å². The maximum Gasteiger partial charge on any atom is 0.0248 e. The monoisotopic (exact) mass is 204 g/mol. The lowest BCUT2D eigenvalue weighted by atomic mass is 10.0. The summed E-state index contributed by atoms with van der Waals surface area (Å²) in [5.41, 5.74) is 7.22. The average molecular weight is 204 g/mol. The van der Waals surface area contributed by atoms with Crippen LogP contribution in [0.1, 0.15) is 18.9 Å². The van der Waals surface area contributed by atoms with Crippen LogP contribution >= 0.6 is 0 Å². The van der Waals surface area contributed by atoms with Crippen molar-refractivity contribution in [2.24, 2.45) is 11.7 Å². The van der Waals surface area contributed by atoms with E-state index in [1.807, 2.05) is 0 Å². The van der Waals surface area contributed by atoms with Gasteiger partial charge < -0.3 is 5.73 Å². The van der Waals surface area contributed by atoms with Gasteiger partial charge in [-0.05, 0) is 24.4 Å². The van der Waals surface area contributed by atoms with Crippen molar-refractivity contribution in [3.05, 3.63) is 35.9 Å². The molecule has 0 radical (unpaired) electrons. The molecule has 1 heterocycles. The fourth-order valence-electron chi connectivity index (χ4n) is 2.48. The Bertz CT molecular complexity index is 297. The van der Waals surface area contributed by atoms with Gasteiger partial charge in [0.2, 0.25) is 0 Å². The van der Waals surface area contributed by atoms with E-state index in [1.54, 1.807) is 0 Å². The van der Waals surface area contributed by atoms with Crippen LogP contribution in [-0.4, -0.2) is 24.0 Å². The first-order valence-electron chi connectivity index (χ1n) is 5.79. The maximum atomic E-state index is 5.83. The van der Waals surface area contributed by atoms with Gasteiger partial charge in [-0.25, -0.2) is 0 Å². The first kappa shape index (κ1) is 10.7. The SMILES string of the molecule is C[C@@H]1CCN(Cc2ccccc2)[C@@H]1CN. The summed E-state index contributed by atoms with van der Waals surface area (Å²) in [6.45, 7) is 5.33. The van der Waals surface area contributed by atoms with Crippen LogP contribution in [0.3, 0.4) is 0 Å². The predicted octanol–water partition coefficient (Wildman–Crippen LogP) is 1.86. The number of likely N-dealkylation sites (tertiary alicyclic amines) is 1. The molecule has 0 amide bonds. The Morgan fingerprint density at radius 2 is 2.07 bits per heavy atom. The molecular weight excluding hydrogens is 184 g/mol. The second-order valence-corrected chi connectivity index (χ2v) is 4.53. The van der Waals surface area contributed by atoms with Gasteiger partial charge in [0, 0.05) is 19.1 Å². The lowest BCUT2D eigenvalue weighted by Gasteiger charge is -2.25. The van der Waals surface area contributed by atoms with Gasteiger partial charge in [-0.1, -0.05) is 37.3 Å². The van der Waals surface area contributed by atoms with Gasteiger partial charge in [0.1, 0.15) is 0 Å². The average Bonchev–Trinajstić information content (AvgIpc) is 2.61. The molecule has 0 aliphatic carbocycles. The van der Waals surface area contributed by atoms with Crippen molar-refractivity contribution in [3.63, 3.8) is 0 Å². The van der Waals surface area contributed by atoms with E-state index in [9.17, 15) is 0 Å². The largest absolute Gasteiger partial charge is 0.329 e. The molecule has 2 rings (SSSR count). The molecule has 2 atom stereocenters. The van der Waals surface area contributed by atoms with Gasteiger partial charge in [0.25, 0.3) is 0 Å². The van der Waals surface area contributed by atoms with E-state index < -0.39 is 0 Å². The number of nitrogens with two attached hydrogens (primary N) is 1. The molecule has 1 aromatic carbocycles. The summed E-state index contributed by atoms with van der Waals surface area (Å²) in [6, 6.07) is 11.2. The smallest absolute Gasteiger partial charge is 0.0248 e. The van der Waals surface area contributed by atoms with Crippen LogP contribution in [-0.2, 0) is 6.54 Å². The van der Waals surface area contributed by atoms with Crippen molar-refractivity contribution < 1.29 is 0 Å². The minimum absolute atomic E-state index is 0.574. The molecule has 2 N–H and O–H groups in total. The van der Waals surface area contributed by atoms with Crippen LogP contribution in [0.25, 0.3) is 0 Å². The van der Waals surface area contributed by atoms with Crippen molar-refractivity contribution in [1.82, 2.24) is 4.90 Å². The van der Waals surface area contributed by atoms with E-state index in [0.29, 0.717) is 6.04 Å². The Morgan fingerprint density at radius 3 is 2.73 bits per heavy atom. The standard InChI is InChI=1S/C13H20N2/c1-11-7-8-15(13(11)9-14)10-12-5-3-2-4-6-12/h2-6,11,13H,7-10,14H2,1H3/t11-,13-/m1/s1. The Kier molecular flexibility index (Phi) is 3.39. The van der Waals surface area contributed by atoms with Crippen molar-refractivity contribution in [2.45, 2.75) is 25.9 Å². The molecule has 2 nitrogen and oxygen atoms in total. The molecule has 1 aliphatic heterocycles. The first-order valence-corrected chi connectivity index (χ1v) is 5.79. The molecule has 15 heavy (non-hydrogen) atoms. The molecule has 1 aromatic rings. The molecule has 1 saturated heterocycles. The summed E-state index contributed by atoms with van der Waals surface area (Å²) in [5.74, 6) is 0.749. The van der Waals surface area contributed by atoms with Crippen molar-refractivity contribution in [3.8, 4) is 0 Å². The number of benzene rings is 1. The quantitative estimate of drug-likeness (QED) is 0.814. The predicted molar refractivity (Wildman–Crippen MR) is 63.5 cm³/mol. The third-order valence-electron chi connectivity index (χ3n) is 3.47. The van der Waals surface area contributed by atoms with E-state index in [1.165, 1.54) is 18.5 Å². The molecule has 2 heteroatoms. The summed E-state index contributed by atoms with van der Waals surface area (Å²) in [7, 11) is 0. The molecule has 0 saturated carbocycles. The highest BCUT2D eigenvalue weighted by atomic mass is 15.2. The van der Waals surface area contributed by atoms with Crippen molar-refractivity contribution in [2.75, 3.05) is 13.1 Å². The number of hydrogen-bond acceptors (Lipinski definition) is 2. The molecule has 0 aromatic heterocycles. The molecule has 0 unspecified atom stereocenters. The molecule has 82 valence electrons. The van der Waals surface area contributed by atoms with Gasteiger partial charge in [-0.3, -0.25) is 4.90 Å². The zero-order valence-corrected chi connectivity index (χ0v) is 9.39. The van der Waals surface area contributed by atoms with E-state index in [0.717, 1.165) is 19.0 Å². The van der Waals surface area contributed by atoms with Crippen molar-refractivity contribution >= 4 is 0 Å². The third-order valence-corrected chi connectivity index (χ3v) is 3.47. The van der Waals surface area contributed by atoms with E-state index >= 15 is 0 Å². The second-order valence-electron chi connectivity index (χ2n) is 4.53. The summed E-state index contributed by atoms with van der Waals surface area (Å²) in [6.07, 6.45) is 1.29. The second kappa shape index (κ2) is 4.77. The minimum Gasteiger partial charge on any atom is -0.329 e. The van der Waals surface area contributed by atoms with Crippen LogP contribution in [0.2, 0.25) is 0 Å². The Hall–Kier alpha value is -0.860. The van der Waals surface area contributed by atoms with E-state index in [-0.39, 0.29) is 0 Å². The van der Waals surface area contributed by atoms with Crippen molar-refractivity contribution in [1.29, 1.82) is 0 Å². The van der Waals surface area contributed by atoms with Crippen LogP contribution in [0.4, 0.5) is 0 Å². The molecule has 0 bridgehead atoms. The van der Waals surface area contributed by atoms with Crippen LogP contribution < -0.4 is 5.73 Å². The highest BCUT2D eigenvalue weighted by molar-refractivity contribution is 5.15. The zero-order valence-electron chi connectivity index (χ0n) is 9.39. The van der Waals surface area contributed by atoms with Crippen LogP contribution in [0.15, 0.2) is 30.3 Å². The van der Waals surface area contributed by atoms with Gasteiger partial charge >= 0.3 is 0 Å². The van der Waals surface area contributed by atoms with Crippen LogP contribution in [0, 0.1) is 5.92 Å². The lowest BCUT2D eigenvalue weighted by Crippen LogP contribution is -2.37. The fraction of sp³-hybridized carbons (Fsp3) is 0.538. The normalized spacial score (nSPS) is 27.1. The minimum atomic E-state index is 0.574. The van der Waals surface area contributed by atoms with Gasteiger partial charge in [0.15, 0.2) is 0 Å². The van der Waals surface area contributed by atoms with Gasteiger partial charge in [-0.15, -0.1) is 0 Å². The highest BCUT2D eigenvalue weighted by Gasteiger charge is 2.29. The summed E-state index contributed by atoms with van der Waals surface area (Å²) >= 11 is 0. The summed E-state index contributed by atoms with van der Waals surface area (Å²) in [5, 5.41) is 0. The zero-order chi connectivity index (χ0) is 10.7. The topological polar surface area (TPSA) is 29.3 Å². The van der Waals surface area contributed by atoms with Crippen LogP contribution in [0.5, 0.6) is 0 Å². The fourth-order valence-corrected chi connectivity index (χ4v) is 2.48. The number of nitrogens with zero attached hydrogens (tertiary/aromatic N) is 1. The van der Waals surface area contributed by atoms with E-state index in [2.05, 4.69) is 42.2 Å². The third kappa shape index (κ3) is 2.39. The number of hydrogen-bond donors (Lipinski definition) is 1. The molecule has 1 aliphatic rings. The van der Waals surface area contributed by atoms with Gasteiger partial charge in [-0.2, -0.15) is 0 Å². The molecular formula is C13H20N2. The summed E-state index contributed by atoms with van der Waals surface area (Å²) < 4.78 is 0. The Balaban J connectivity index is 2.00. The first-order chi connectivity index (χ1) is 7.31. The molecule has 0 spiro atoms. The Morgan fingerprint density at radius 1 is 1.33 bits per heavy atom. The maximum absolute atomic E-state index is 5.83. The van der Waals surface area contributed by atoms with E-state index in [4.69, 9.17) is 5.73 Å². The summed E-state index contributed by atoms with van der Waals surface area (Å²) in [4.78, 5) is 2.51.